The van der Waals surface area contributed by atoms with Crippen molar-refractivity contribution in [2.75, 3.05) is 0 Å². The highest BCUT2D eigenvalue weighted by atomic mass is 32.2. The lowest BCUT2D eigenvalue weighted by Gasteiger charge is -2.40. The summed E-state index contributed by atoms with van der Waals surface area (Å²) in [6, 6.07) is 75.0. The van der Waals surface area contributed by atoms with Gasteiger partial charge in [-0.3, -0.25) is 0 Å². The quantitative estimate of drug-likeness (QED) is 0.167. The van der Waals surface area contributed by atoms with Gasteiger partial charge < -0.3 is 4.57 Å². The Kier molecular flexibility index (Phi) is 7.22. The summed E-state index contributed by atoms with van der Waals surface area (Å²) >= 11 is 1.88. The molecule has 0 bridgehead atoms. The van der Waals surface area contributed by atoms with Gasteiger partial charge in [-0.25, -0.2) is 4.98 Å². The van der Waals surface area contributed by atoms with Gasteiger partial charge in [0, 0.05) is 42.6 Å². The molecule has 9 aromatic carbocycles. The summed E-state index contributed by atoms with van der Waals surface area (Å²) in [7, 11) is 0. The summed E-state index contributed by atoms with van der Waals surface area (Å²) in [5.74, 6) is 0. The summed E-state index contributed by atoms with van der Waals surface area (Å²) < 4.78 is 2.30. The van der Waals surface area contributed by atoms with Crippen LogP contribution in [0.2, 0.25) is 0 Å². The van der Waals surface area contributed by atoms with Gasteiger partial charge in [-0.15, -0.1) is 0 Å². The van der Waals surface area contributed by atoms with Gasteiger partial charge in [0.15, 0.2) is 0 Å². The molecular weight excluding hydrogens is 759 g/mol. The fourth-order valence-electron chi connectivity index (χ4n) is 10.5. The standard InChI is InChI=1S/C57H33N3S/c58-34-35-22-29-53-45(30-35)42-16-6-10-20-52(42)60(53)39-26-23-36(24-27-39)38-25-28-51-44(31-38)43-32-50-55(33-46(43)56(59-51)37-12-2-1-3-13-37)61-54-21-11-9-19-49(54)57(50)47-17-7-4-14-40(47)41-15-5-8-18-48(41)57/h1-33H. The Morgan fingerprint density at radius 1 is 0.443 bits per heavy atom. The van der Waals surface area contributed by atoms with E-state index in [9.17, 15) is 5.26 Å². The van der Waals surface area contributed by atoms with Gasteiger partial charge in [0.1, 0.15) is 0 Å². The minimum absolute atomic E-state index is 0.475. The highest BCUT2D eigenvalue weighted by molar-refractivity contribution is 7.99. The molecule has 3 heterocycles. The number of aromatic nitrogens is 2. The second kappa shape index (κ2) is 12.9. The number of benzene rings is 9. The first kappa shape index (κ1) is 34.2. The maximum Gasteiger partial charge on any atom is 0.0991 e. The Balaban J connectivity index is 1.04. The molecule has 3 nitrogen and oxygen atoms in total. The molecule has 0 saturated carbocycles. The van der Waals surface area contributed by atoms with Crippen LogP contribution in [0.1, 0.15) is 27.8 Å². The molecule has 0 radical (unpaired) electrons. The van der Waals surface area contributed by atoms with Crippen LogP contribution in [0.15, 0.2) is 210 Å². The lowest BCUT2D eigenvalue weighted by Crippen LogP contribution is -2.32. The summed E-state index contributed by atoms with van der Waals surface area (Å²) in [5, 5.41) is 15.4. The third kappa shape index (κ3) is 4.78. The molecule has 11 aromatic rings. The fourth-order valence-corrected chi connectivity index (χ4v) is 11.7. The lowest BCUT2D eigenvalue weighted by molar-refractivity contribution is 0.724. The molecule has 1 spiro atoms. The first-order valence-electron chi connectivity index (χ1n) is 20.7. The summed E-state index contributed by atoms with van der Waals surface area (Å²) in [6.45, 7) is 0. The van der Waals surface area contributed by atoms with Gasteiger partial charge in [-0.1, -0.05) is 145 Å². The number of rotatable bonds is 3. The minimum Gasteiger partial charge on any atom is -0.309 e. The van der Waals surface area contributed by atoms with Gasteiger partial charge in [-0.2, -0.15) is 5.26 Å². The van der Waals surface area contributed by atoms with Crippen molar-refractivity contribution in [1.82, 2.24) is 9.55 Å². The van der Waals surface area contributed by atoms with E-state index in [0.717, 1.165) is 66.2 Å². The number of hydrogen-bond acceptors (Lipinski definition) is 3. The molecular formula is C57H33N3S. The first-order chi connectivity index (χ1) is 30.2. The zero-order chi connectivity index (χ0) is 40.2. The molecule has 0 fully saturated rings. The smallest absolute Gasteiger partial charge is 0.0991 e. The zero-order valence-corrected chi connectivity index (χ0v) is 33.6. The van der Waals surface area contributed by atoms with Crippen LogP contribution in [0.4, 0.5) is 0 Å². The molecule has 0 amide bonds. The SMILES string of the molecule is N#Cc1ccc2c(c1)c1ccccc1n2-c1ccc(-c2ccc3nc(-c4ccccc4)c4cc5c(cc4c3c2)C2(c3ccccc3S5)c3ccccc3-c3ccccc32)cc1. The summed E-state index contributed by atoms with van der Waals surface area (Å²) in [6.07, 6.45) is 0. The topological polar surface area (TPSA) is 41.6 Å². The van der Waals surface area contributed by atoms with Crippen molar-refractivity contribution < 1.29 is 0 Å². The molecule has 2 aliphatic rings. The van der Waals surface area contributed by atoms with Crippen molar-refractivity contribution in [3.63, 3.8) is 0 Å². The lowest BCUT2D eigenvalue weighted by atomic mass is 9.67. The number of nitriles is 1. The predicted molar refractivity (Wildman–Crippen MR) is 251 cm³/mol. The van der Waals surface area contributed by atoms with E-state index in [-0.39, 0.29) is 0 Å². The van der Waals surface area contributed by atoms with Gasteiger partial charge >= 0.3 is 0 Å². The molecule has 0 saturated heterocycles. The van der Waals surface area contributed by atoms with E-state index in [4.69, 9.17) is 4.98 Å². The molecule has 0 unspecified atom stereocenters. The maximum absolute atomic E-state index is 9.67. The highest BCUT2D eigenvalue weighted by Crippen LogP contribution is 2.62. The van der Waals surface area contributed by atoms with Crippen molar-refractivity contribution >= 4 is 55.2 Å². The van der Waals surface area contributed by atoms with Crippen LogP contribution in [0, 0.1) is 11.3 Å². The second-order valence-electron chi connectivity index (χ2n) is 16.1. The Labute approximate surface area is 356 Å². The molecule has 13 rings (SSSR count). The van der Waals surface area contributed by atoms with Crippen molar-refractivity contribution in [3.8, 4) is 45.3 Å². The van der Waals surface area contributed by atoms with Gasteiger partial charge in [0.25, 0.3) is 0 Å². The average molecular weight is 792 g/mol. The van der Waals surface area contributed by atoms with Crippen molar-refractivity contribution in [1.29, 1.82) is 5.26 Å². The number of para-hydroxylation sites is 1. The van der Waals surface area contributed by atoms with Gasteiger partial charge in [0.05, 0.1) is 39.3 Å². The van der Waals surface area contributed by atoms with E-state index in [0.29, 0.717) is 5.56 Å². The largest absolute Gasteiger partial charge is 0.309 e. The predicted octanol–water partition coefficient (Wildman–Crippen LogP) is 14.5. The Morgan fingerprint density at radius 2 is 1.11 bits per heavy atom. The minimum atomic E-state index is -0.475. The van der Waals surface area contributed by atoms with Crippen molar-refractivity contribution in [2.24, 2.45) is 0 Å². The molecule has 1 aliphatic carbocycles. The van der Waals surface area contributed by atoms with Crippen LogP contribution in [0.5, 0.6) is 0 Å². The molecule has 4 heteroatoms. The average Bonchev–Trinajstić information content (AvgIpc) is 3.81. The summed E-state index contributed by atoms with van der Waals surface area (Å²) in [5.41, 5.74) is 16.7. The van der Waals surface area contributed by atoms with Crippen LogP contribution >= 0.6 is 11.8 Å². The Morgan fingerprint density at radius 3 is 1.90 bits per heavy atom. The van der Waals surface area contributed by atoms with E-state index >= 15 is 0 Å². The second-order valence-corrected chi connectivity index (χ2v) is 17.2. The molecule has 0 N–H and O–H groups in total. The number of nitrogens with zero attached hydrogens (tertiary/aromatic N) is 3. The number of pyridine rings is 1. The Bertz CT molecular complexity index is 3640. The molecule has 2 aromatic heterocycles. The van der Waals surface area contributed by atoms with Gasteiger partial charge in [-0.05, 0) is 117 Å². The van der Waals surface area contributed by atoms with Crippen LogP contribution < -0.4 is 0 Å². The van der Waals surface area contributed by atoms with E-state index < -0.39 is 5.41 Å². The molecule has 282 valence electrons. The number of hydrogen-bond donors (Lipinski definition) is 0. The van der Waals surface area contributed by atoms with E-state index in [2.05, 4.69) is 199 Å². The van der Waals surface area contributed by atoms with E-state index in [1.165, 1.54) is 48.6 Å². The zero-order valence-electron chi connectivity index (χ0n) is 32.8. The number of fused-ring (bicyclic) bond motifs is 15. The normalized spacial score (nSPS) is 13.3. The third-order valence-electron chi connectivity index (χ3n) is 13.1. The van der Waals surface area contributed by atoms with E-state index in [1.54, 1.807) is 0 Å². The van der Waals surface area contributed by atoms with Crippen LogP contribution in [0.25, 0.3) is 82.7 Å². The molecule has 1 aliphatic heterocycles. The van der Waals surface area contributed by atoms with E-state index in [1.807, 2.05) is 23.9 Å². The summed E-state index contributed by atoms with van der Waals surface area (Å²) in [4.78, 5) is 8.00. The maximum atomic E-state index is 9.67. The fraction of sp³-hybridized carbons (Fsp3) is 0.0175. The Hall–Kier alpha value is -7.71. The highest BCUT2D eigenvalue weighted by Gasteiger charge is 2.50. The van der Waals surface area contributed by atoms with Crippen LogP contribution in [0.3, 0.4) is 0 Å². The van der Waals surface area contributed by atoms with Crippen LogP contribution in [-0.4, -0.2) is 9.55 Å². The van der Waals surface area contributed by atoms with Crippen molar-refractivity contribution in [2.45, 2.75) is 15.2 Å². The van der Waals surface area contributed by atoms with Crippen molar-refractivity contribution in [3.05, 3.63) is 228 Å². The molecule has 0 atom stereocenters. The van der Waals surface area contributed by atoms with Crippen LogP contribution in [-0.2, 0) is 5.41 Å². The first-order valence-corrected chi connectivity index (χ1v) is 21.5. The van der Waals surface area contributed by atoms with Gasteiger partial charge in [0.2, 0.25) is 0 Å². The molecule has 61 heavy (non-hydrogen) atoms. The third-order valence-corrected chi connectivity index (χ3v) is 14.2. The monoisotopic (exact) mass is 791 g/mol.